The minimum atomic E-state index is -4.33. The molecule has 0 spiro atoms. The lowest BCUT2D eigenvalue weighted by Gasteiger charge is -2.37. The van der Waals surface area contributed by atoms with Crippen LogP contribution in [0.4, 0.5) is 24.7 Å². The SMILES string of the molecule is Cc1cc2nc(N3CCN(c4cccc(C(F)(F)F)c4)CC3)c3ccccc3n2n1. The Kier molecular flexibility index (Phi) is 4.30. The first kappa shape index (κ1) is 18.7. The van der Waals surface area contributed by atoms with Crippen molar-refractivity contribution in [1.82, 2.24) is 14.6 Å². The van der Waals surface area contributed by atoms with E-state index in [2.05, 4.69) is 10.00 Å². The molecule has 2 aromatic carbocycles. The number of aryl methyl sites for hydroxylation is 1. The van der Waals surface area contributed by atoms with Crippen LogP contribution >= 0.6 is 0 Å². The molecule has 0 amide bonds. The number of para-hydroxylation sites is 1. The van der Waals surface area contributed by atoms with Crippen LogP contribution in [0.15, 0.2) is 54.6 Å². The molecule has 4 aromatic rings. The Hall–Kier alpha value is -3.29. The van der Waals surface area contributed by atoms with E-state index in [4.69, 9.17) is 4.98 Å². The number of anilines is 2. The molecule has 0 atom stereocenters. The summed E-state index contributed by atoms with van der Waals surface area (Å²) in [5.41, 5.74) is 2.67. The summed E-state index contributed by atoms with van der Waals surface area (Å²) in [5, 5.41) is 5.56. The van der Waals surface area contributed by atoms with Gasteiger partial charge in [0.2, 0.25) is 0 Å². The molecule has 30 heavy (non-hydrogen) atoms. The molecule has 1 aliphatic heterocycles. The Bertz CT molecular complexity index is 1220. The predicted molar refractivity (Wildman–Crippen MR) is 111 cm³/mol. The van der Waals surface area contributed by atoms with E-state index in [9.17, 15) is 13.2 Å². The predicted octanol–water partition coefficient (Wildman–Crippen LogP) is 4.54. The van der Waals surface area contributed by atoms with E-state index in [0.29, 0.717) is 31.9 Å². The standard InChI is InChI=1S/C22H20F3N5/c1-15-13-20-26-21(18-7-2-3-8-19(18)30(20)27-15)29-11-9-28(10-12-29)17-6-4-5-16(14-17)22(23,24)25/h2-8,13-14H,9-12H2,1H3. The van der Waals surface area contributed by atoms with E-state index in [1.807, 2.05) is 46.7 Å². The van der Waals surface area contributed by atoms with Gasteiger partial charge in [0.15, 0.2) is 5.65 Å². The molecule has 0 bridgehead atoms. The molecule has 5 rings (SSSR count). The fourth-order valence-electron chi connectivity index (χ4n) is 4.06. The largest absolute Gasteiger partial charge is 0.416 e. The van der Waals surface area contributed by atoms with Gasteiger partial charge in [0.1, 0.15) is 5.82 Å². The molecule has 1 fully saturated rings. The molecule has 5 nitrogen and oxygen atoms in total. The zero-order valence-corrected chi connectivity index (χ0v) is 16.4. The molecule has 0 unspecified atom stereocenters. The second kappa shape index (κ2) is 6.90. The van der Waals surface area contributed by atoms with Crippen molar-refractivity contribution in [3.8, 4) is 0 Å². The van der Waals surface area contributed by atoms with E-state index in [1.165, 1.54) is 12.1 Å². The van der Waals surface area contributed by atoms with E-state index >= 15 is 0 Å². The maximum absolute atomic E-state index is 13.1. The van der Waals surface area contributed by atoms with Crippen LogP contribution in [0.1, 0.15) is 11.3 Å². The maximum Gasteiger partial charge on any atom is 0.416 e. The van der Waals surface area contributed by atoms with Crippen molar-refractivity contribution in [3.05, 3.63) is 65.9 Å². The van der Waals surface area contributed by atoms with Crippen LogP contribution in [0.2, 0.25) is 0 Å². The summed E-state index contributed by atoms with van der Waals surface area (Å²) < 4.78 is 41.0. The third-order valence-corrected chi connectivity index (χ3v) is 5.52. The summed E-state index contributed by atoms with van der Waals surface area (Å²) in [4.78, 5) is 9.05. The zero-order chi connectivity index (χ0) is 20.9. The van der Waals surface area contributed by atoms with Crippen LogP contribution < -0.4 is 9.80 Å². The second-order valence-electron chi connectivity index (χ2n) is 7.53. The van der Waals surface area contributed by atoms with Gasteiger partial charge >= 0.3 is 6.18 Å². The molecule has 154 valence electrons. The van der Waals surface area contributed by atoms with Crippen molar-refractivity contribution in [3.63, 3.8) is 0 Å². The minimum absolute atomic E-state index is 0.601. The number of hydrogen-bond donors (Lipinski definition) is 0. The van der Waals surface area contributed by atoms with Crippen LogP contribution in [0, 0.1) is 6.92 Å². The quantitative estimate of drug-likeness (QED) is 0.486. The third-order valence-electron chi connectivity index (χ3n) is 5.52. The highest BCUT2D eigenvalue weighted by molar-refractivity contribution is 5.91. The van der Waals surface area contributed by atoms with Gasteiger partial charge in [-0.25, -0.2) is 9.50 Å². The first-order valence-electron chi connectivity index (χ1n) is 9.82. The summed E-state index contributed by atoms with van der Waals surface area (Å²) in [6.07, 6.45) is -4.33. The van der Waals surface area contributed by atoms with Gasteiger partial charge in [-0.3, -0.25) is 0 Å². The molecular weight excluding hydrogens is 391 g/mol. The molecule has 0 saturated carbocycles. The van der Waals surface area contributed by atoms with Crippen molar-refractivity contribution in [2.24, 2.45) is 0 Å². The van der Waals surface area contributed by atoms with Gasteiger partial charge in [0.25, 0.3) is 0 Å². The topological polar surface area (TPSA) is 36.7 Å². The van der Waals surface area contributed by atoms with Crippen LogP contribution in [0.5, 0.6) is 0 Å². The average molecular weight is 411 g/mol. The Morgan fingerprint density at radius 1 is 0.867 bits per heavy atom. The summed E-state index contributed by atoms with van der Waals surface area (Å²) in [7, 11) is 0. The number of aromatic nitrogens is 3. The van der Waals surface area contributed by atoms with Gasteiger partial charge in [0.05, 0.1) is 16.8 Å². The van der Waals surface area contributed by atoms with Crippen molar-refractivity contribution in [2.75, 3.05) is 36.0 Å². The number of fused-ring (bicyclic) bond motifs is 3. The lowest BCUT2D eigenvalue weighted by Crippen LogP contribution is -2.47. The Balaban J connectivity index is 1.44. The van der Waals surface area contributed by atoms with Crippen molar-refractivity contribution < 1.29 is 13.2 Å². The number of piperazine rings is 1. The summed E-state index contributed by atoms with van der Waals surface area (Å²) in [6, 6.07) is 15.5. The monoisotopic (exact) mass is 411 g/mol. The number of halogens is 3. The summed E-state index contributed by atoms with van der Waals surface area (Å²) in [5.74, 6) is 0.890. The van der Waals surface area contributed by atoms with Crippen molar-refractivity contribution in [1.29, 1.82) is 0 Å². The number of hydrogen-bond acceptors (Lipinski definition) is 4. The molecule has 1 aliphatic rings. The smallest absolute Gasteiger partial charge is 0.368 e. The molecule has 3 heterocycles. The van der Waals surface area contributed by atoms with Gasteiger partial charge in [-0.05, 0) is 37.3 Å². The Morgan fingerprint density at radius 3 is 2.37 bits per heavy atom. The normalized spacial score (nSPS) is 15.3. The first-order valence-corrected chi connectivity index (χ1v) is 9.82. The molecule has 0 radical (unpaired) electrons. The summed E-state index contributed by atoms with van der Waals surface area (Å²) >= 11 is 0. The Morgan fingerprint density at radius 2 is 1.60 bits per heavy atom. The van der Waals surface area contributed by atoms with Crippen LogP contribution in [-0.2, 0) is 6.18 Å². The fourth-order valence-corrected chi connectivity index (χ4v) is 4.06. The van der Waals surface area contributed by atoms with E-state index < -0.39 is 11.7 Å². The molecule has 0 N–H and O–H groups in total. The Labute approximate surface area is 171 Å². The van der Waals surface area contributed by atoms with E-state index in [-0.39, 0.29) is 0 Å². The molecule has 8 heteroatoms. The highest BCUT2D eigenvalue weighted by atomic mass is 19.4. The average Bonchev–Trinajstić information content (AvgIpc) is 3.13. The van der Waals surface area contributed by atoms with Gasteiger partial charge in [0, 0.05) is 43.3 Å². The third kappa shape index (κ3) is 3.22. The molecule has 1 saturated heterocycles. The minimum Gasteiger partial charge on any atom is -0.368 e. The van der Waals surface area contributed by atoms with Gasteiger partial charge in [-0.15, -0.1) is 0 Å². The van der Waals surface area contributed by atoms with Gasteiger partial charge < -0.3 is 9.80 Å². The molecule has 0 aliphatic carbocycles. The zero-order valence-electron chi connectivity index (χ0n) is 16.4. The van der Waals surface area contributed by atoms with E-state index in [0.717, 1.165) is 34.1 Å². The lowest BCUT2D eigenvalue weighted by atomic mass is 10.1. The van der Waals surface area contributed by atoms with Crippen LogP contribution in [-0.4, -0.2) is 40.8 Å². The van der Waals surface area contributed by atoms with Gasteiger partial charge in [-0.2, -0.15) is 18.3 Å². The highest BCUT2D eigenvalue weighted by Crippen LogP contribution is 2.32. The number of alkyl halides is 3. The van der Waals surface area contributed by atoms with Gasteiger partial charge in [-0.1, -0.05) is 18.2 Å². The van der Waals surface area contributed by atoms with Crippen LogP contribution in [0.3, 0.4) is 0 Å². The highest BCUT2D eigenvalue weighted by Gasteiger charge is 2.31. The van der Waals surface area contributed by atoms with E-state index in [1.54, 1.807) is 6.07 Å². The first-order chi connectivity index (χ1) is 14.4. The van der Waals surface area contributed by atoms with Crippen molar-refractivity contribution >= 4 is 28.1 Å². The number of rotatable bonds is 2. The number of benzene rings is 2. The van der Waals surface area contributed by atoms with Crippen molar-refractivity contribution in [2.45, 2.75) is 13.1 Å². The molecular formula is C22H20F3N5. The second-order valence-corrected chi connectivity index (χ2v) is 7.53. The molecule has 2 aromatic heterocycles. The fraction of sp³-hybridized carbons (Fsp3) is 0.273. The summed E-state index contributed by atoms with van der Waals surface area (Å²) in [6.45, 7) is 4.55. The lowest BCUT2D eigenvalue weighted by molar-refractivity contribution is -0.137. The number of nitrogens with zero attached hydrogens (tertiary/aromatic N) is 5. The maximum atomic E-state index is 13.1. The van der Waals surface area contributed by atoms with Crippen LogP contribution in [0.25, 0.3) is 16.6 Å².